The van der Waals surface area contributed by atoms with Gasteiger partial charge in [0.25, 0.3) is 11.8 Å². The van der Waals surface area contributed by atoms with E-state index in [2.05, 4.69) is 28.7 Å². The van der Waals surface area contributed by atoms with Crippen LogP contribution in [0.15, 0.2) is 77.1 Å². The van der Waals surface area contributed by atoms with Gasteiger partial charge in [0.2, 0.25) is 10.0 Å². The summed E-state index contributed by atoms with van der Waals surface area (Å²) in [5, 5.41) is 10.3. The molecular weight excluding hydrogens is 460 g/mol. The summed E-state index contributed by atoms with van der Waals surface area (Å²) in [6.45, 7) is 7.42. The van der Waals surface area contributed by atoms with Crippen LogP contribution >= 0.6 is 0 Å². The molecule has 3 rings (SSSR count). The average molecular weight is 485 g/mol. The summed E-state index contributed by atoms with van der Waals surface area (Å²) in [7, 11) is -0.782. The van der Waals surface area contributed by atoms with Crippen LogP contribution in [-0.2, 0) is 10.0 Å². The predicted molar refractivity (Wildman–Crippen MR) is 126 cm³/mol. The molecule has 178 valence electrons. The van der Waals surface area contributed by atoms with Crippen molar-refractivity contribution in [3.63, 3.8) is 0 Å². The second-order valence-corrected chi connectivity index (χ2v) is 8.77. The minimum absolute atomic E-state index is 0.0381. The van der Waals surface area contributed by atoms with E-state index in [1.165, 1.54) is 54.9 Å². The van der Waals surface area contributed by atoms with E-state index < -0.39 is 15.9 Å². The average Bonchev–Trinajstić information content (AvgIpc) is 3.31. The van der Waals surface area contributed by atoms with E-state index in [9.17, 15) is 13.2 Å². The summed E-state index contributed by atoms with van der Waals surface area (Å²) in [6.07, 6.45) is 2.98. The van der Waals surface area contributed by atoms with Gasteiger partial charge in [-0.2, -0.15) is 4.31 Å². The first-order valence-electron chi connectivity index (χ1n) is 10.0. The Balaban J connectivity index is 1.79. The van der Waals surface area contributed by atoms with Crippen molar-refractivity contribution in [1.29, 1.82) is 0 Å². The number of ether oxygens (including phenoxy) is 2. The molecule has 0 fully saturated rings. The van der Waals surface area contributed by atoms with Crippen molar-refractivity contribution in [2.75, 3.05) is 32.6 Å². The van der Waals surface area contributed by atoms with Crippen LogP contribution in [0.1, 0.15) is 10.4 Å². The zero-order valence-electron chi connectivity index (χ0n) is 18.7. The van der Waals surface area contributed by atoms with Gasteiger partial charge in [0.05, 0.1) is 19.1 Å². The monoisotopic (exact) mass is 484 g/mol. The van der Waals surface area contributed by atoms with E-state index in [0.29, 0.717) is 17.1 Å². The maximum absolute atomic E-state index is 12.8. The van der Waals surface area contributed by atoms with Gasteiger partial charge in [-0.15, -0.1) is 18.3 Å². The van der Waals surface area contributed by atoms with E-state index in [0.717, 1.165) is 0 Å². The standard InChI is InChI=1S/C23H24N4O6S/c1-5-14-27(15-6-2)34(29,30)17-12-10-16(11-13-17)21(28)24-23-26-25-22(33-23)20-18(31-3)8-7-9-19(20)32-4/h5-13H,1-2,14-15H2,3-4H3,(H,24,26,28). The summed E-state index contributed by atoms with van der Waals surface area (Å²) in [5.41, 5.74) is 0.645. The summed E-state index contributed by atoms with van der Waals surface area (Å²) < 4.78 is 43.1. The first-order valence-corrected chi connectivity index (χ1v) is 11.5. The van der Waals surface area contributed by atoms with Crippen molar-refractivity contribution in [3.8, 4) is 23.0 Å². The number of hydrogen-bond acceptors (Lipinski definition) is 8. The lowest BCUT2D eigenvalue weighted by Crippen LogP contribution is -2.31. The van der Waals surface area contributed by atoms with Gasteiger partial charge < -0.3 is 13.9 Å². The van der Waals surface area contributed by atoms with Gasteiger partial charge in [-0.25, -0.2) is 8.42 Å². The van der Waals surface area contributed by atoms with Gasteiger partial charge in [-0.05, 0) is 36.4 Å². The maximum Gasteiger partial charge on any atom is 0.322 e. The molecule has 1 heterocycles. The van der Waals surface area contributed by atoms with Crippen molar-refractivity contribution < 1.29 is 27.1 Å². The lowest BCUT2D eigenvalue weighted by molar-refractivity contribution is 0.102. The molecule has 1 N–H and O–H groups in total. The number of methoxy groups -OCH3 is 2. The van der Waals surface area contributed by atoms with Crippen LogP contribution in [0.25, 0.3) is 11.5 Å². The Morgan fingerprint density at radius 1 is 1.03 bits per heavy atom. The molecule has 1 aromatic heterocycles. The molecule has 1 amide bonds. The Morgan fingerprint density at radius 3 is 2.15 bits per heavy atom. The number of aromatic nitrogens is 2. The number of amides is 1. The lowest BCUT2D eigenvalue weighted by atomic mass is 10.2. The topological polar surface area (TPSA) is 124 Å². The van der Waals surface area contributed by atoms with Crippen LogP contribution in [0.4, 0.5) is 6.01 Å². The fraction of sp³-hybridized carbons (Fsp3) is 0.174. The minimum atomic E-state index is -3.77. The summed E-state index contributed by atoms with van der Waals surface area (Å²) in [6, 6.07) is 10.5. The fourth-order valence-electron chi connectivity index (χ4n) is 3.09. The zero-order chi connectivity index (χ0) is 24.7. The SMILES string of the molecule is C=CCN(CC=C)S(=O)(=O)c1ccc(C(=O)Nc2nnc(-c3c(OC)cccc3OC)o2)cc1. The third-order valence-corrected chi connectivity index (χ3v) is 6.55. The quantitative estimate of drug-likeness (QED) is 0.411. The Kier molecular flexibility index (Phi) is 7.82. The van der Waals surface area contributed by atoms with E-state index >= 15 is 0 Å². The number of hydrogen-bond donors (Lipinski definition) is 1. The van der Waals surface area contributed by atoms with E-state index in [4.69, 9.17) is 13.9 Å². The molecule has 0 radical (unpaired) electrons. The molecule has 0 bridgehead atoms. The van der Waals surface area contributed by atoms with Crippen LogP contribution in [0, 0.1) is 0 Å². The van der Waals surface area contributed by atoms with Crippen molar-refractivity contribution in [3.05, 3.63) is 73.3 Å². The largest absolute Gasteiger partial charge is 0.496 e. The smallest absolute Gasteiger partial charge is 0.322 e. The lowest BCUT2D eigenvalue weighted by Gasteiger charge is -2.19. The summed E-state index contributed by atoms with van der Waals surface area (Å²) in [4.78, 5) is 12.7. The molecule has 2 aromatic carbocycles. The van der Waals surface area contributed by atoms with Gasteiger partial charge in [0.15, 0.2) is 0 Å². The number of anilines is 1. The molecule has 10 nitrogen and oxygen atoms in total. The van der Waals surface area contributed by atoms with Crippen molar-refractivity contribution >= 4 is 21.9 Å². The molecule has 0 aliphatic carbocycles. The fourth-order valence-corrected chi connectivity index (χ4v) is 4.47. The van der Waals surface area contributed by atoms with E-state index in [1.54, 1.807) is 18.2 Å². The van der Waals surface area contributed by atoms with Crippen molar-refractivity contribution in [2.24, 2.45) is 0 Å². The number of rotatable bonds is 11. The number of nitrogens with zero attached hydrogens (tertiary/aromatic N) is 3. The summed E-state index contributed by atoms with van der Waals surface area (Å²) in [5.74, 6) is 0.454. The molecule has 0 spiro atoms. The van der Waals surface area contributed by atoms with E-state index in [1.807, 2.05) is 0 Å². The van der Waals surface area contributed by atoms with Crippen molar-refractivity contribution in [2.45, 2.75) is 4.90 Å². The number of carbonyl (C=O) groups is 1. The van der Waals surface area contributed by atoms with Crippen LogP contribution in [0.2, 0.25) is 0 Å². The number of carbonyl (C=O) groups excluding carboxylic acids is 1. The minimum Gasteiger partial charge on any atom is -0.496 e. The second kappa shape index (κ2) is 10.8. The highest BCUT2D eigenvalue weighted by molar-refractivity contribution is 7.89. The molecule has 0 saturated heterocycles. The Bertz CT molecular complexity index is 1250. The highest BCUT2D eigenvalue weighted by atomic mass is 32.2. The molecule has 0 unspecified atom stereocenters. The number of nitrogens with one attached hydrogen (secondary N) is 1. The molecule has 0 saturated carbocycles. The first-order chi connectivity index (χ1) is 16.3. The Morgan fingerprint density at radius 2 is 1.62 bits per heavy atom. The molecule has 3 aromatic rings. The molecule has 0 aliphatic rings. The molecule has 11 heteroatoms. The first kappa shape index (κ1) is 24.7. The number of sulfonamides is 1. The molecule has 0 atom stereocenters. The van der Waals surface area contributed by atoms with Crippen molar-refractivity contribution in [1.82, 2.24) is 14.5 Å². The van der Waals surface area contributed by atoms with Crippen LogP contribution in [0.3, 0.4) is 0 Å². The van der Waals surface area contributed by atoms with Gasteiger partial charge in [-0.3, -0.25) is 10.1 Å². The Hall–Kier alpha value is -3.96. The summed E-state index contributed by atoms with van der Waals surface area (Å²) >= 11 is 0. The normalized spacial score (nSPS) is 11.1. The second-order valence-electron chi connectivity index (χ2n) is 6.83. The molecule has 34 heavy (non-hydrogen) atoms. The highest BCUT2D eigenvalue weighted by Gasteiger charge is 2.23. The molecular formula is C23H24N4O6S. The van der Waals surface area contributed by atoms with Crippen LogP contribution in [-0.4, -0.2) is 56.1 Å². The maximum atomic E-state index is 12.8. The van der Waals surface area contributed by atoms with Gasteiger partial charge in [-0.1, -0.05) is 23.3 Å². The van der Waals surface area contributed by atoms with E-state index in [-0.39, 0.29) is 35.5 Å². The van der Waals surface area contributed by atoms with Gasteiger partial charge in [0.1, 0.15) is 17.1 Å². The highest BCUT2D eigenvalue weighted by Crippen LogP contribution is 2.37. The predicted octanol–water partition coefficient (Wildman–Crippen LogP) is 3.37. The number of benzene rings is 2. The third-order valence-electron chi connectivity index (χ3n) is 4.71. The van der Waals surface area contributed by atoms with Crippen LogP contribution < -0.4 is 14.8 Å². The van der Waals surface area contributed by atoms with Crippen LogP contribution in [0.5, 0.6) is 11.5 Å². The van der Waals surface area contributed by atoms with Gasteiger partial charge in [0, 0.05) is 18.7 Å². The molecule has 0 aliphatic heterocycles. The Labute approximate surface area is 197 Å². The van der Waals surface area contributed by atoms with Gasteiger partial charge >= 0.3 is 6.01 Å². The third kappa shape index (κ3) is 5.16. The zero-order valence-corrected chi connectivity index (χ0v) is 19.5.